The van der Waals surface area contributed by atoms with Gasteiger partial charge in [-0.25, -0.2) is 19.3 Å². The van der Waals surface area contributed by atoms with E-state index in [2.05, 4.69) is 4.90 Å². The predicted octanol–water partition coefficient (Wildman–Crippen LogP) is 3.99. The van der Waals surface area contributed by atoms with Gasteiger partial charge in [-0.05, 0) is 59.7 Å². The Morgan fingerprint density at radius 2 is 1.47 bits per heavy atom. The SMILES string of the molecule is CC(C)(C)OC(=O)N(C(=O)OC(C)(C)C)C1C2CN(c3cccc(C(=O)O)c3)CC21. The number of carbonyl (C=O) groups is 3. The third-order valence-corrected chi connectivity index (χ3v) is 5.09. The van der Waals surface area contributed by atoms with E-state index in [-0.39, 0.29) is 23.4 Å². The van der Waals surface area contributed by atoms with Crippen LogP contribution in [0.5, 0.6) is 0 Å². The zero-order valence-electron chi connectivity index (χ0n) is 18.3. The van der Waals surface area contributed by atoms with Gasteiger partial charge in [0.25, 0.3) is 0 Å². The highest BCUT2D eigenvalue weighted by molar-refractivity contribution is 5.90. The fraction of sp³-hybridized carbons (Fsp3) is 0.591. The zero-order chi connectivity index (χ0) is 22.4. The molecule has 2 fully saturated rings. The van der Waals surface area contributed by atoms with Gasteiger partial charge in [-0.1, -0.05) is 6.07 Å². The molecule has 3 rings (SSSR count). The first-order chi connectivity index (χ1) is 13.8. The summed E-state index contributed by atoms with van der Waals surface area (Å²) >= 11 is 0. The van der Waals surface area contributed by atoms with Crippen LogP contribution in [-0.4, -0.2) is 58.5 Å². The van der Waals surface area contributed by atoms with Gasteiger partial charge < -0.3 is 19.5 Å². The molecular formula is C22H30N2O6. The summed E-state index contributed by atoms with van der Waals surface area (Å²) in [5.74, 6) is -0.780. The molecule has 2 aliphatic rings. The number of nitrogens with zero attached hydrogens (tertiary/aromatic N) is 2. The molecule has 0 bridgehead atoms. The van der Waals surface area contributed by atoms with Gasteiger partial charge >= 0.3 is 18.2 Å². The Morgan fingerprint density at radius 1 is 0.967 bits per heavy atom. The van der Waals surface area contributed by atoms with Crippen molar-refractivity contribution in [3.63, 3.8) is 0 Å². The standard InChI is InChI=1S/C22H30N2O6/c1-21(2,3)29-19(27)24(20(28)30-22(4,5)6)17-15-11-23(12-16(15)17)14-9-7-8-13(10-14)18(25)26/h7-10,15-17H,11-12H2,1-6H3,(H,25,26). The van der Waals surface area contributed by atoms with E-state index in [4.69, 9.17) is 9.47 Å². The first kappa shape index (κ1) is 21.9. The topological polar surface area (TPSA) is 96.4 Å². The third kappa shape index (κ3) is 4.86. The van der Waals surface area contributed by atoms with E-state index < -0.39 is 29.4 Å². The van der Waals surface area contributed by atoms with Gasteiger partial charge in [-0.2, -0.15) is 0 Å². The largest absolute Gasteiger partial charge is 0.478 e. The van der Waals surface area contributed by atoms with Crippen LogP contribution < -0.4 is 4.90 Å². The highest BCUT2D eigenvalue weighted by Crippen LogP contribution is 2.50. The number of ether oxygens (including phenoxy) is 2. The minimum atomic E-state index is -0.972. The Hall–Kier alpha value is -2.77. The van der Waals surface area contributed by atoms with Crippen LogP contribution >= 0.6 is 0 Å². The smallest absolute Gasteiger partial charge is 0.420 e. The summed E-state index contributed by atoms with van der Waals surface area (Å²) in [4.78, 5) is 40.0. The van der Waals surface area contributed by atoms with E-state index in [0.717, 1.165) is 10.6 Å². The van der Waals surface area contributed by atoms with Crippen LogP contribution in [-0.2, 0) is 9.47 Å². The Kier molecular flexibility index (Phi) is 5.47. The molecule has 8 heteroatoms. The first-order valence-corrected chi connectivity index (χ1v) is 10.1. The number of aromatic carboxylic acids is 1. The van der Waals surface area contributed by atoms with Crippen LogP contribution in [0.4, 0.5) is 15.3 Å². The summed E-state index contributed by atoms with van der Waals surface area (Å²) in [5.41, 5.74) is -0.411. The number of amides is 2. The first-order valence-electron chi connectivity index (χ1n) is 10.1. The predicted molar refractivity (Wildman–Crippen MR) is 111 cm³/mol. The lowest BCUT2D eigenvalue weighted by Gasteiger charge is -2.31. The van der Waals surface area contributed by atoms with Crippen molar-refractivity contribution in [2.45, 2.75) is 58.8 Å². The summed E-state index contributed by atoms with van der Waals surface area (Å²) in [6.45, 7) is 11.8. The average Bonchev–Trinajstić information content (AvgIpc) is 3.04. The van der Waals surface area contributed by atoms with E-state index >= 15 is 0 Å². The lowest BCUT2D eigenvalue weighted by atomic mass is 10.2. The molecule has 1 aliphatic heterocycles. The maximum atomic E-state index is 12.8. The summed E-state index contributed by atoms with van der Waals surface area (Å²) < 4.78 is 10.9. The number of fused-ring (bicyclic) bond motifs is 1. The number of carbonyl (C=O) groups excluding carboxylic acids is 2. The molecule has 30 heavy (non-hydrogen) atoms. The number of piperidine rings is 1. The molecule has 164 valence electrons. The normalized spacial score (nSPS) is 22.9. The van der Waals surface area contributed by atoms with Crippen molar-refractivity contribution in [1.82, 2.24) is 4.90 Å². The molecule has 1 saturated carbocycles. The average molecular weight is 418 g/mol. The maximum absolute atomic E-state index is 12.8. The van der Waals surface area contributed by atoms with Crippen molar-refractivity contribution in [2.24, 2.45) is 11.8 Å². The highest BCUT2D eigenvalue weighted by atomic mass is 16.6. The van der Waals surface area contributed by atoms with Gasteiger partial charge in [-0.15, -0.1) is 0 Å². The molecule has 1 heterocycles. The van der Waals surface area contributed by atoms with Gasteiger partial charge in [0.05, 0.1) is 11.6 Å². The van der Waals surface area contributed by atoms with Crippen LogP contribution in [0.15, 0.2) is 24.3 Å². The van der Waals surface area contributed by atoms with Crippen molar-refractivity contribution in [3.8, 4) is 0 Å². The molecule has 1 aromatic carbocycles. The van der Waals surface area contributed by atoms with Crippen molar-refractivity contribution in [1.29, 1.82) is 0 Å². The van der Waals surface area contributed by atoms with E-state index in [1.165, 1.54) is 0 Å². The Bertz CT molecular complexity index is 814. The molecule has 2 atom stereocenters. The fourth-order valence-corrected chi connectivity index (χ4v) is 3.86. The summed E-state index contributed by atoms with van der Waals surface area (Å²) in [6.07, 6.45) is -1.40. The summed E-state index contributed by atoms with van der Waals surface area (Å²) in [7, 11) is 0. The molecule has 0 radical (unpaired) electrons. The number of carboxylic acids is 1. The Labute approximate surface area is 176 Å². The monoisotopic (exact) mass is 418 g/mol. The molecule has 1 aliphatic carbocycles. The number of carboxylic acid groups (broad SMARTS) is 1. The molecule has 2 amide bonds. The van der Waals surface area contributed by atoms with Gasteiger partial charge in [-0.3, -0.25) is 0 Å². The van der Waals surface area contributed by atoms with Gasteiger partial charge in [0.15, 0.2) is 0 Å². The molecular weight excluding hydrogens is 388 g/mol. The van der Waals surface area contributed by atoms with Crippen LogP contribution in [0.2, 0.25) is 0 Å². The summed E-state index contributed by atoms with van der Waals surface area (Å²) in [5, 5.41) is 9.21. The number of hydrogen-bond acceptors (Lipinski definition) is 6. The lowest BCUT2D eigenvalue weighted by molar-refractivity contribution is -0.00218. The highest BCUT2D eigenvalue weighted by Gasteiger charge is 2.62. The number of imide groups is 1. The molecule has 1 N–H and O–H groups in total. The van der Waals surface area contributed by atoms with Crippen LogP contribution in [0.25, 0.3) is 0 Å². The number of benzene rings is 1. The fourth-order valence-electron chi connectivity index (χ4n) is 3.86. The zero-order valence-corrected chi connectivity index (χ0v) is 18.3. The van der Waals surface area contributed by atoms with Gasteiger partial charge in [0.1, 0.15) is 11.2 Å². The van der Waals surface area contributed by atoms with E-state index in [9.17, 15) is 19.5 Å². The number of anilines is 1. The molecule has 2 unspecified atom stereocenters. The van der Waals surface area contributed by atoms with Crippen molar-refractivity contribution in [3.05, 3.63) is 29.8 Å². The number of hydrogen-bond donors (Lipinski definition) is 1. The maximum Gasteiger partial charge on any atom is 0.420 e. The van der Waals surface area contributed by atoms with E-state index in [1.54, 1.807) is 59.7 Å². The van der Waals surface area contributed by atoms with E-state index in [1.807, 2.05) is 6.07 Å². The number of rotatable bonds is 3. The van der Waals surface area contributed by atoms with Gasteiger partial charge in [0, 0.05) is 30.6 Å². The molecule has 0 spiro atoms. The second-order valence-corrected chi connectivity index (χ2v) is 9.91. The molecule has 8 nitrogen and oxygen atoms in total. The van der Waals surface area contributed by atoms with Gasteiger partial charge in [0.2, 0.25) is 0 Å². The van der Waals surface area contributed by atoms with Crippen molar-refractivity contribution >= 4 is 23.8 Å². The quantitative estimate of drug-likeness (QED) is 0.793. The van der Waals surface area contributed by atoms with Crippen LogP contribution in [0.1, 0.15) is 51.9 Å². The molecule has 1 aromatic rings. The van der Waals surface area contributed by atoms with Crippen LogP contribution in [0, 0.1) is 11.8 Å². The van der Waals surface area contributed by atoms with Crippen molar-refractivity contribution in [2.75, 3.05) is 18.0 Å². The van der Waals surface area contributed by atoms with Crippen molar-refractivity contribution < 1.29 is 29.0 Å². The Balaban J connectivity index is 1.74. The van der Waals surface area contributed by atoms with Crippen LogP contribution in [0.3, 0.4) is 0 Å². The lowest BCUT2D eigenvalue weighted by Crippen LogP contribution is -2.47. The second-order valence-electron chi connectivity index (χ2n) is 9.91. The summed E-state index contributed by atoms with van der Waals surface area (Å²) in [6, 6.07) is 6.49. The second kappa shape index (κ2) is 7.49. The third-order valence-electron chi connectivity index (χ3n) is 5.09. The van der Waals surface area contributed by atoms with E-state index in [0.29, 0.717) is 13.1 Å². The molecule has 1 saturated heterocycles. The molecule has 0 aromatic heterocycles. The minimum Gasteiger partial charge on any atom is -0.478 e. The minimum absolute atomic E-state index is 0.0959. The Morgan fingerprint density at radius 3 is 1.90 bits per heavy atom.